The molecule has 0 saturated carbocycles. The van der Waals surface area contributed by atoms with Crippen LogP contribution < -0.4 is 5.73 Å². The van der Waals surface area contributed by atoms with E-state index in [1.807, 2.05) is 0 Å². The molecule has 1 aromatic carbocycles. The van der Waals surface area contributed by atoms with E-state index in [0.29, 0.717) is 24.5 Å². The third-order valence-corrected chi connectivity index (χ3v) is 4.53. The summed E-state index contributed by atoms with van der Waals surface area (Å²) in [6.45, 7) is 10.9. The maximum atomic E-state index is 6.12. The lowest BCUT2D eigenvalue weighted by atomic mass is 9.95. The van der Waals surface area contributed by atoms with E-state index in [0.717, 1.165) is 0 Å². The minimum Gasteiger partial charge on any atom is -0.329 e. The van der Waals surface area contributed by atoms with E-state index in [2.05, 4.69) is 50.8 Å². The predicted molar refractivity (Wildman–Crippen MR) is 82.3 cm³/mol. The summed E-state index contributed by atoms with van der Waals surface area (Å²) in [5.41, 5.74) is 10.3. The van der Waals surface area contributed by atoms with Crippen molar-refractivity contribution < 1.29 is 0 Å². The minimum atomic E-state index is 0.384. The van der Waals surface area contributed by atoms with Gasteiger partial charge in [0.15, 0.2) is 0 Å². The minimum absolute atomic E-state index is 0.384. The van der Waals surface area contributed by atoms with E-state index < -0.39 is 0 Å². The largest absolute Gasteiger partial charge is 0.329 e. The average molecular weight is 260 g/mol. The molecule has 0 spiro atoms. The van der Waals surface area contributed by atoms with Gasteiger partial charge in [-0.2, -0.15) is 0 Å². The molecular weight excluding hydrogens is 232 g/mol. The highest BCUT2D eigenvalue weighted by atomic mass is 15.2. The van der Waals surface area contributed by atoms with E-state index in [-0.39, 0.29) is 0 Å². The van der Waals surface area contributed by atoms with Gasteiger partial charge in [-0.25, -0.2) is 0 Å². The molecule has 2 heteroatoms. The van der Waals surface area contributed by atoms with Crippen LogP contribution in [0.3, 0.4) is 0 Å². The van der Waals surface area contributed by atoms with Crippen molar-refractivity contribution in [2.24, 2.45) is 11.7 Å². The number of aryl methyl sites for hydroxylation is 2. The molecule has 1 heterocycles. The molecule has 2 nitrogen and oxygen atoms in total. The summed E-state index contributed by atoms with van der Waals surface area (Å²) in [7, 11) is 0. The molecule has 1 fully saturated rings. The topological polar surface area (TPSA) is 29.3 Å². The van der Waals surface area contributed by atoms with E-state index in [4.69, 9.17) is 5.73 Å². The molecule has 1 saturated heterocycles. The van der Waals surface area contributed by atoms with Crippen molar-refractivity contribution in [1.29, 1.82) is 0 Å². The molecule has 0 aromatic heterocycles. The first-order valence-electron chi connectivity index (χ1n) is 7.57. The van der Waals surface area contributed by atoms with Crippen LogP contribution in [-0.2, 0) is 0 Å². The van der Waals surface area contributed by atoms with Gasteiger partial charge in [0.05, 0.1) is 0 Å². The van der Waals surface area contributed by atoms with Crippen molar-refractivity contribution in [3.05, 3.63) is 34.9 Å². The normalized spacial score (nSPS) is 22.1. The molecule has 0 bridgehead atoms. The summed E-state index contributed by atoms with van der Waals surface area (Å²) in [5.74, 6) is 0.710. The van der Waals surface area contributed by atoms with Gasteiger partial charge in [-0.15, -0.1) is 0 Å². The van der Waals surface area contributed by atoms with Crippen LogP contribution in [0.4, 0.5) is 0 Å². The SMILES string of the molecule is Cc1ccc(C)c(C(CN)N2CCCC2C(C)C)c1. The zero-order chi connectivity index (χ0) is 14.0. The van der Waals surface area contributed by atoms with Crippen LogP contribution in [0.25, 0.3) is 0 Å². The van der Waals surface area contributed by atoms with Gasteiger partial charge < -0.3 is 5.73 Å². The molecule has 2 N–H and O–H groups in total. The van der Waals surface area contributed by atoms with Gasteiger partial charge in [0.2, 0.25) is 0 Å². The number of nitrogens with zero attached hydrogens (tertiary/aromatic N) is 1. The Kier molecular flexibility index (Phi) is 4.64. The number of likely N-dealkylation sites (tertiary alicyclic amines) is 1. The summed E-state index contributed by atoms with van der Waals surface area (Å²) in [6.07, 6.45) is 2.63. The molecule has 0 aliphatic carbocycles. The molecule has 2 rings (SSSR count). The molecule has 1 aliphatic heterocycles. The highest BCUT2D eigenvalue weighted by Crippen LogP contribution is 2.33. The highest BCUT2D eigenvalue weighted by Gasteiger charge is 2.33. The molecule has 19 heavy (non-hydrogen) atoms. The second-order valence-electron chi connectivity index (χ2n) is 6.30. The van der Waals surface area contributed by atoms with Gasteiger partial charge >= 0.3 is 0 Å². The first-order valence-corrected chi connectivity index (χ1v) is 7.57. The Labute approximate surface area is 118 Å². The Morgan fingerprint density at radius 1 is 1.32 bits per heavy atom. The molecule has 106 valence electrons. The number of nitrogens with two attached hydrogens (primary N) is 1. The van der Waals surface area contributed by atoms with Crippen molar-refractivity contribution >= 4 is 0 Å². The maximum absolute atomic E-state index is 6.12. The fraction of sp³-hybridized carbons (Fsp3) is 0.647. The first-order chi connectivity index (χ1) is 9.04. The summed E-state index contributed by atoms with van der Waals surface area (Å²) < 4.78 is 0. The monoisotopic (exact) mass is 260 g/mol. The Morgan fingerprint density at radius 3 is 2.68 bits per heavy atom. The zero-order valence-electron chi connectivity index (χ0n) is 12.8. The predicted octanol–water partition coefficient (Wildman–Crippen LogP) is 3.42. The van der Waals surface area contributed by atoms with Gasteiger partial charge in [-0.1, -0.05) is 37.6 Å². The Bertz CT molecular complexity index is 425. The second-order valence-corrected chi connectivity index (χ2v) is 6.30. The lowest BCUT2D eigenvalue weighted by Crippen LogP contribution is -2.40. The van der Waals surface area contributed by atoms with Crippen LogP contribution in [0.2, 0.25) is 0 Å². The summed E-state index contributed by atoms with van der Waals surface area (Å²) in [6, 6.07) is 7.82. The Morgan fingerprint density at radius 2 is 2.05 bits per heavy atom. The fourth-order valence-corrected chi connectivity index (χ4v) is 3.48. The lowest BCUT2D eigenvalue weighted by molar-refractivity contribution is 0.149. The molecular formula is C17H28N2. The van der Waals surface area contributed by atoms with Crippen LogP contribution in [0.15, 0.2) is 18.2 Å². The van der Waals surface area contributed by atoms with Crippen molar-refractivity contribution in [3.8, 4) is 0 Å². The summed E-state index contributed by atoms with van der Waals surface area (Å²) in [4.78, 5) is 2.65. The fourth-order valence-electron chi connectivity index (χ4n) is 3.48. The van der Waals surface area contributed by atoms with Gasteiger partial charge in [-0.3, -0.25) is 4.90 Å². The highest BCUT2D eigenvalue weighted by molar-refractivity contribution is 5.33. The quantitative estimate of drug-likeness (QED) is 0.898. The molecule has 0 radical (unpaired) electrons. The summed E-state index contributed by atoms with van der Waals surface area (Å²) in [5, 5.41) is 0. The number of hydrogen-bond donors (Lipinski definition) is 1. The lowest BCUT2D eigenvalue weighted by Gasteiger charge is -2.35. The smallest absolute Gasteiger partial charge is 0.0476 e. The van der Waals surface area contributed by atoms with E-state index in [9.17, 15) is 0 Å². The van der Waals surface area contributed by atoms with Crippen LogP contribution in [0.1, 0.15) is 49.4 Å². The van der Waals surface area contributed by atoms with Gasteiger partial charge in [0.1, 0.15) is 0 Å². The van der Waals surface area contributed by atoms with E-state index in [1.54, 1.807) is 0 Å². The number of benzene rings is 1. The standard InChI is InChI=1S/C17H28N2/c1-12(2)16-6-5-9-19(16)17(11-18)15-10-13(3)7-8-14(15)4/h7-8,10,12,16-17H,5-6,9,11,18H2,1-4H3. The van der Waals surface area contributed by atoms with Crippen LogP contribution >= 0.6 is 0 Å². The maximum Gasteiger partial charge on any atom is 0.0476 e. The van der Waals surface area contributed by atoms with Gasteiger partial charge in [0.25, 0.3) is 0 Å². The second kappa shape index (κ2) is 6.06. The van der Waals surface area contributed by atoms with Crippen molar-refractivity contribution in [2.45, 2.75) is 52.6 Å². The summed E-state index contributed by atoms with van der Waals surface area (Å²) >= 11 is 0. The molecule has 1 aromatic rings. The van der Waals surface area contributed by atoms with Gasteiger partial charge in [0, 0.05) is 18.6 Å². The van der Waals surface area contributed by atoms with Crippen molar-refractivity contribution in [2.75, 3.05) is 13.1 Å². The number of hydrogen-bond acceptors (Lipinski definition) is 2. The van der Waals surface area contributed by atoms with Crippen molar-refractivity contribution in [3.63, 3.8) is 0 Å². The van der Waals surface area contributed by atoms with E-state index in [1.165, 1.54) is 36.1 Å². The molecule has 1 aliphatic rings. The van der Waals surface area contributed by atoms with Gasteiger partial charge in [-0.05, 0) is 50.3 Å². The average Bonchev–Trinajstić information content (AvgIpc) is 2.84. The third-order valence-electron chi connectivity index (χ3n) is 4.53. The Balaban J connectivity index is 2.31. The van der Waals surface area contributed by atoms with Crippen LogP contribution in [-0.4, -0.2) is 24.0 Å². The van der Waals surface area contributed by atoms with Crippen molar-refractivity contribution in [1.82, 2.24) is 4.90 Å². The third kappa shape index (κ3) is 3.01. The molecule has 0 amide bonds. The Hall–Kier alpha value is -0.860. The first kappa shape index (κ1) is 14.5. The molecule has 2 unspecified atom stereocenters. The molecule has 2 atom stereocenters. The van der Waals surface area contributed by atoms with Crippen LogP contribution in [0, 0.1) is 19.8 Å². The van der Waals surface area contributed by atoms with E-state index >= 15 is 0 Å². The zero-order valence-corrected chi connectivity index (χ0v) is 12.8. The van der Waals surface area contributed by atoms with Crippen LogP contribution in [0.5, 0.6) is 0 Å². The number of rotatable bonds is 4.